The van der Waals surface area contributed by atoms with Gasteiger partial charge in [-0.2, -0.15) is 0 Å². The van der Waals surface area contributed by atoms with E-state index >= 15 is 0 Å². The van der Waals surface area contributed by atoms with Gasteiger partial charge in [-0.1, -0.05) is 30.3 Å². The zero-order valence-corrected chi connectivity index (χ0v) is 16.8. The van der Waals surface area contributed by atoms with Crippen molar-refractivity contribution >= 4 is 22.4 Å². The summed E-state index contributed by atoms with van der Waals surface area (Å²) in [5.74, 6) is 0.334. The van der Waals surface area contributed by atoms with Crippen molar-refractivity contribution in [3.63, 3.8) is 0 Å². The minimum Gasteiger partial charge on any atom is -0.481 e. The third kappa shape index (κ3) is 4.17. The van der Waals surface area contributed by atoms with E-state index in [-0.39, 0.29) is 5.91 Å². The molecule has 1 aliphatic heterocycles. The Morgan fingerprint density at radius 2 is 1.86 bits per heavy atom. The Kier molecular flexibility index (Phi) is 5.62. The second kappa shape index (κ2) is 8.49. The molecule has 1 saturated heterocycles. The Hall–Kier alpha value is -3.12. The summed E-state index contributed by atoms with van der Waals surface area (Å²) in [7, 11) is 3.37. The van der Waals surface area contributed by atoms with Crippen molar-refractivity contribution in [1.29, 1.82) is 0 Å². The molecule has 1 aromatic heterocycles. The lowest BCUT2D eigenvalue weighted by Crippen LogP contribution is -2.36. The molecule has 6 nitrogen and oxygen atoms in total. The van der Waals surface area contributed by atoms with E-state index in [0.717, 1.165) is 42.6 Å². The van der Waals surface area contributed by atoms with E-state index in [0.29, 0.717) is 18.1 Å². The Labute approximate surface area is 170 Å². The maximum absolute atomic E-state index is 13.0. The van der Waals surface area contributed by atoms with E-state index < -0.39 is 0 Å². The standard InChI is InChI=1S/C23H25N3O3/c1-25(16-17-7-9-19(10-8-17)26-11-13-29-14-12-26)23(27)21-15-18-5-3-4-6-20(18)22(24-21)28-2/h3-10,15H,11-14,16H2,1-2H3. The summed E-state index contributed by atoms with van der Waals surface area (Å²) in [5, 5.41) is 1.83. The van der Waals surface area contributed by atoms with Crippen LogP contribution in [0.15, 0.2) is 54.6 Å². The molecule has 1 amide bonds. The number of amides is 1. The molecule has 6 heteroatoms. The summed E-state index contributed by atoms with van der Waals surface area (Å²) in [6.45, 7) is 3.86. The number of morpholine rings is 1. The van der Waals surface area contributed by atoms with E-state index in [1.54, 1.807) is 19.1 Å². The number of fused-ring (bicyclic) bond motifs is 1. The highest BCUT2D eigenvalue weighted by molar-refractivity contribution is 5.98. The second-order valence-electron chi connectivity index (χ2n) is 7.16. The van der Waals surface area contributed by atoms with Crippen LogP contribution in [0.5, 0.6) is 5.88 Å². The number of benzene rings is 2. The fourth-order valence-electron chi connectivity index (χ4n) is 3.61. The summed E-state index contributed by atoms with van der Waals surface area (Å²) in [4.78, 5) is 21.4. The largest absolute Gasteiger partial charge is 0.481 e. The van der Waals surface area contributed by atoms with Crippen LogP contribution in [0.3, 0.4) is 0 Å². The first-order chi connectivity index (χ1) is 14.2. The number of pyridine rings is 1. The van der Waals surface area contributed by atoms with Crippen LogP contribution in [0.2, 0.25) is 0 Å². The smallest absolute Gasteiger partial charge is 0.272 e. The number of nitrogens with zero attached hydrogens (tertiary/aromatic N) is 3. The number of anilines is 1. The summed E-state index contributed by atoms with van der Waals surface area (Å²) in [6.07, 6.45) is 0. The predicted octanol–water partition coefficient (Wildman–Crippen LogP) is 3.35. The summed E-state index contributed by atoms with van der Waals surface area (Å²) in [6, 6.07) is 17.9. The molecule has 0 radical (unpaired) electrons. The zero-order valence-electron chi connectivity index (χ0n) is 16.8. The molecule has 0 atom stereocenters. The monoisotopic (exact) mass is 391 g/mol. The lowest BCUT2D eigenvalue weighted by molar-refractivity contribution is 0.0778. The van der Waals surface area contributed by atoms with E-state index in [1.165, 1.54) is 5.69 Å². The van der Waals surface area contributed by atoms with Crippen molar-refractivity contribution in [2.24, 2.45) is 0 Å². The van der Waals surface area contributed by atoms with E-state index in [1.807, 2.05) is 30.3 Å². The van der Waals surface area contributed by atoms with Gasteiger partial charge in [0.15, 0.2) is 0 Å². The van der Waals surface area contributed by atoms with Crippen LogP contribution < -0.4 is 9.64 Å². The van der Waals surface area contributed by atoms with Crippen molar-refractivity contribution in [2.45, 2.75) is 6.54 Å². The SMILES string of the molecule is COc1nc(C(=O)N(C)Cc2ccc(N3CCOCC3)cc2)cc2ccccc12. The highest BCUT2D eigenvalue weighted by Crippen LogP contribution is 2.25. The molecule has 2 heterocycles. The van der Waals surface area contributed by atoms with Crippen LogP contribution >= 0.6 is 0 Å². The fraction of sp³-hybridized carbons (Fsp3) is 0.304. The summed E-state index contributed by atoms with van der Waals surface area (Å²) in [5.41, 5.74) is 2.64. The van der Waals surface area contributed by atoms with Gasteiger partial charge in [-0.05, 0) is 35.2 Å². The fourth-order valence-corrected chi connectivity index (χ4v) is 3.61. The number of carbonyl (C=O) groups is 1. The molecular formula is C23H25N3O3. The van der Waals surface area contributed by atoms with Crippen molar-refractivity contribution in [2.75, 3.05) is 45.4 Å². The van der Waals surface area contributed by atoms with Crippen LogP contribution in [-0.4, -0.2) is 56.3 Å². The van der Waals surface area contributed by atoms with E-state index in [2.05, 4.69) is 34.1 Å². The van der Waals surface area contributed by atoms with E-state index in [9.17, 15) is 4.79 Å². The van der Waals surface area contributed by atoms with Gasteiger partial charge in [0.25, 0.3) is 5.91 Å². The van der Waals surface area contributed by atoms with Crippen molar-refractivity contribution in [1.82, 2.24) is 9.88 Å². The zero-order chi connectivity index (χ0) is 20.2. The average Bonchev–Trinajstić information content (AvgIpc) is 2.78. The third-order valence-electron chi connectivity index (χ3n) is 5.20. The Morgan fingerprint density at radius 3 is 2.59 bits per heavy atom. The number of hydrogen-bond donors (Lipinski definition) is 0. The molecule has 0 unspecified atom stereocenters. The topological polar surface area (TPSA) is 54.9 Å². The van der Waals surface area contributed by atoms with Gasteiger partial charge in [0, 0.05) is 37.8 Å². The maximum atomic E-state index is 13.0. The maximum Gasteiger partial charge on any atom is 0.272 e. The number of ether oxygens (including phenoxy) is 2. The first-order valence-corrected chi connectivity index (χ1v) is 9.76. The first kappa shape index (κ1) is 19.2. The Balaban J connectivity index is 1.49. The molecule has 1 aliphatic rings. The molecule has 0 spiro atoms. The molecule has 0 bridgehead atoms. The number of aromatic nitrogens is 1. The molecule has 2 aromatic carbocycles. The molecule has 3 aromatic rings. The Bertz CT molecular complexity index is 998. The van der Waals surface area contributed by atoms with Crippen LogP contribution in [0, 0.1) is 0 Å². The van der Waals surface area contributed by atoms with Gasteiger partial charge in [0.2, 0.25) is 5.88 Å². The van der Waals surface area contributed by atoms with Gasteiger partial charge in [0.05, 0.1) is 20.3 Å². The first-order valence-electron chi connectivity index (χ1n) is 9.76. The van der Waals surface area contributed by atoms with Gasteiger partial charge >= 0.3 is 0 Å². The van der Waals surface area contributed by atoms with Crippen LogP contribution in [0.1, 0.15) is 16.1 Å². The normalized spacial score (nSPS) is 14.1. The second-order valence-corrected chi connectivity index (χ2v) is 7.16. The van der Waals surface area contributed by atoms with Crippen molar-refractivity contribution in [3.05, 3.63) is 65.9 Å². The number of methoxy groups -OCH3 is 1. The summed E-state index contributed by atoms with van der Waals surface area (Å²) < 4.78 is 10.8. The highest BCUT2D eigenvalue weighted by atomic mass is 16.5. The minimum atomic E-state index is -0.133. The molecule has 150 valence electrons. The molecule has 0 saturated carbocycles. The lowest BCUT2D eigenvalue weighted by atomic mass is 10.1. The van der Waals surface area contributed by atoms with Crippen LogP contribution in [-0.2, 0) is 11.3 Å². The Morgan fingerprint density at radius 1 is 1.14 bits per heavy atom. The summed E-state index contributed by atoms with van der Waals surface area (Å²) >= 11 is 0. The van der Waals surface area contributed by atoms with Crippen LogP contribution in [0.25, 0.3) is 10.8 Å². The molecule has 0 aliphatic carbocycles. The van der Waals surface area contributed by atoms with Crippen molar-refractivity contribution in [3.8, 4) is 5.88 Å². The van der Waals surface area contributed by atoms with Gasteiger partial charge in [-0.3, -0.25) is 4.79 Å². The third-order valence-corrected chi connectivity index (χ3v) is 5.20. The van der Waals surface area contributed by atoms with E-state index in [4.69, 9.17) is 9.47 Å². The van der Waals surface area contributed by atoms with Crippen LogP contribution in [0.4, 0.5) is 5.69 Å². The lowest BCUT2D eigenvalue weighted by Gasteiger charge is -2.29. The van der Waals surface area contributed by atoms with Gasteiger partial charge in [0.1, 0.15) is 5.69 Å². The predicted molar refractivity (Wildman–Crippen MR) is 114 cm³/mol. The molecule has 0 N–H and O–H groups in total. The van der Waals surface area contributed by atoms with Crippen molar-refractivity contribution < 1.29 is 14.3 Å². The van der Waals surface area contributed by atoms with Gasteiger partial charge in [-0.25, -0.2) is 4.98 Å². The number of hydrogen-bond acceptors (Lipinski definition) is 5. The molecule has 4 rings (SSSR count). The molecular weight excluding hydrogens is 366 g/mol. The average molecular weight is 391 g/mol. The molecule has 29 heavy (non-hydrogen) atoms. The quantitative estimate of drug-likeness (QED) is 0.668. The molecule has 1 fully saturated rings. The minimum absolute atomic E-state index is 0.133. The van der Waals surface area contributed by atoms with Gasteiger partial charge < -0.3 is 19.3 Å². The number of carbonyl (C=O) groups excluding carboxylic acids is 1. The van der Waals surface area contributed by atoms with Gasteiger partial charge in [-0.15, -0.1) is 0 Å². The number of rotatable bonds is 5. The highest BCUT2D eigenvalue weighted by Gasteiger charge is 2.17.